The van der Waals surface area contributed by atoms with Crippen molar-refractivity contribution in [3.8, 4) is 0 Å². The quantitative estimate of drug-likeness (QED) is 0.918. The summed E-state index contributed by atoms with van der Waals surface area (Å²) < 4.78 is 13.1. The molecular formula is C15H18FN3. The predicted molar refractivity (Wildman–Crippen MR) is 75.3 cm³/mol. The number of hydrogen-bond acceptors (Lipinski definition) is 3. The molecule has 0 amide bonds. The van der Waals surface area contributed by atoms with Crippen molar-refractivity contribution in [1.82, 2.24) is 4.98 Å². The number of anilines is 1. The summed E-state index contributed by atoms with van der Waals surface area (Å²) in [5.41, 5.74) is 7.81. The summed E-state index contributed by atoms with van der Waals surface area (Å²) in [5.74, 6) is 0.613. The molecule has 1 atom stereocenters. The molecule has 2 rings (SSSR count). The molecule has 0 spiro atoms. The minimum absolute atomic E-state index is 0.0238. The summed E-state index contributed by atoms with van der Waals surface area (Å²) in [5, 5.41) is 0. The Morgan fingerprint density at radius 1 is 1.32 bits per heavy atom. The second-order valence-electron chi connectivity index (χ2n) is 4.72. The summed E-state index contributed by atoms with van der Waals surface area (Å²) in [6.45, 7) is 2.54. The zero-order valence-corrected chi connectivity index (χ0v) is 11.2. The van der Waals surface area contributed by atoms with Gasteiger partial charge in [-0.1, -0.05) is 12.1 Å². The van der Waals surface area contributed by atoms with Gasteiger partial charge in [0.25, 0.3) is 0 Å². The van der Waals surface area contributed by atoms with E-state index in [1.54, 1.807) is 12.3 Å². The van der Waals surface area contributed by atoms with Gasteiger partial charge in [0.2, 0.25) is 0 Å². The molecule has 0 aliphatic heterocycles. The van der Waals surface area contributed by atoms with E-state index in [4.69, 9.17) is 5.73 Å². The van der Waals surface area contributed by atoms with E-state index in [0.717, 1.165) is 16.9 Å². The first kappa shape index (κ1) is 13.5. The zero-order chi connectivity index (χ0) is 13.8. The molecule has 100 valence electrons. The molecule has 0 unspecified atom stereocenters. The number of hydrogen-bond donors (Lipinski definition) is 1. The van der Waals surface area contributed by atoms with Crippen LogP contribution < -0.4 is 10.6 Å². The van der Waals surface area contributed by atoms with Gasteiger partial charge >= 0.3 is 0 Å². The molecule has 0 saturated heterocycles. The Kier molecular flexibility index (Phi) is 4.12. The smallest absolute Gasteiger partial charge is 0.128 e. The van der Waals surface area contributed by atoms with E-state index >= 15 is 0 Å². The number of aromatic nitrogens is 1. The van der Waals surface area contributed by atoms with Gasteiger partial charge in [-0.2, -0.15) is 0 Å². The first-order chi connectivity index (χ1) is 9.06. The van der Waals surface area contributed by atoms with Crippen molar-refractivity contribution in [2.24, 2.45) is 5.73 Å². The molecule has 1 heterocycles. The monoisotopic (exact) mass is 259 g/mol. The molecule has 1 aromatic carbocycles. The van der Waals surface area contributed by atoms with Gasteiger partial charge in [0.15, 0.2) is 0 Å². The van der Waals surface area contributed by atoms with E-state index in [1.807, 2.05) is 37.1 Å². The summed E-state index contributed by atoms with van der Waals surface area (Å²) in [4.78, 5) is 6.29. The first-order valence-electron chi connectivity index (χ1n) is 6.23. The van der Waals surface area contributed by atoms with E-state index in [0.29, 0.717) is 6.54 Å². The Morgan fingerprint density at radius 3 is 2.79 bits per heavy atom. The average molecular weight is 259 g/mol. The molecule has 19 heavy (non-hydrogen) atoms. The SMILES string of the molecule is C[C@@H](N)c1ccnc(N(C)Cc2cccc(F)c2)c1. The molecule has 0 bridgehead atoms. The Balaban J connectivity index is 2.15. The van der Waals surface area contributed by atoms with Crippen molar-refractivity contribution >= 4 is 5.82 Å². The molecule has 0 saturated carbocycles. The van der Waals surface area contributed by atoms with Crippen LogP contribution in [0, 0.1) is 5.82 Å². The van der Waals surface area contributed by atoms with Gasteiger partial charge in [-0.15, -0.1) is 0 Å². The third-order valence-corrected chi connectivity index (χ3v) is 3.00. The lowest BCUT2D eigenvalue weighted by Gasteiger charge is -2.19. The van der Waals surface area contributed by atoms with Crippen molar-refractivity contribution in [2.75, 3.05) is 11.9 Å². The first-order valence-corrected chi connectivity index (χ1v) is 6.23. The highest BCUT2D eigenvalue weighted by atomic mass is 19.1. The Morgan fingerprint density at radius 2 is 2.11 bits per heavy atom. The van der Waals surface area contributed by atoms with Crippen LogP contribution in [0.15, 0.2) is 42.6 Å². The van der Waals surface area contributed by atoms with E-state index in [9.17, 15) is 4.39 Å². The topological polar surface area (TPSA) is 42.1 Å². The fourth-order valence-corrected chi connectivity index (χ4v) is 1.92. The second kappa shape index (κ2) is 5.80. The molecule has 0 radical (unpaired) electrons. The third-order valence-electron chi connectivity index (χ3n) is 3.00. The highest BCUT2D eigenvalue weighted by Crippen LogP contribution is 2.17. The summed E-state index contributed by atoms with van der Waals surface area (Å²) in [7, 11) is 1.93. The van der Waals surface area contributed by atoms with Crippen LogP contribution in [-0.2, 0) is 6.54 Å². The van der Waals surface area contributed by atoms with Gasteiger partial charge in [0, 0.05) is 25.8 Å². The summed E-state index contributed by atoms with van der Waals surface area (Å²) >= 11 is 0. The van der Waals surface area contributed by atoms with Crippen LogP contribution in [0.3, 0.4) is 0 Å². The highest BCUT2D eigenvalue weighted by Gasteiger charge is 2.07. The molecule has 0 fully saturated rings. The van der Waals surface area contributed by atoms with E-state index in [-0.39, 0.29) is 11.9 Å². The number of rotatable bonds is 4. The van der Waals surface area contributed by atoms with Crippen molar-refractivity contribution in [3.63, 3.8) is 0 Å². The van der Waals surface area contributed by atoms with Gasteiger partial charge in [-0.3, -0.25) is 0 Å². The van der Waals surface area contributed by atoms with Crippen LogP contribution in [0.1, 0.15) is 24.1 Å². The lowest BCUT2D eigenvalue weighted by molar-refractivity contribution is 0.625. The molecule has 2 aromatic rings. The number of benzene rings is 1. The fraction of sp³-hybridized carbons (Fsp3) is 0.267. The van der Waals surface area contributed by atoms with Crippen molar-refractivity contribution in [1.29, 1.82) is 0 Å². The van der Waals surface area contributed by atoms with Crippen molar-refractivity contribution < 1.29 is 4.39 Å². The predicted octanol–water partition coefficient (Wildman–Crippen LogP) is 2.88. The molecule has 2 N–H and O–H groups in total. The minimum Gasteiger partial charge on any atom is -0.355 e. The second-order valence-corrected chi connectivity index (χ2v) is 4.72. The van der Waals surface area contributed by atoms with Crippen molar-refractivity contribution in [3.05, 3.63) is 59.5 Å². The zero-order valence-electron chi connectivity index (χ0n) is 11.2. The Bertz CT molecular complexity index is 555. The van der Waals surface area contributed by atoms with Gasteiger partial charge < -0.3 is 10.6 Å². The number of nitrogens with two attached hydrogens (primary N) is 1. The van der Waals surface area contributed by atoms with Gasteiger partial charge in [0.1, 0.15) is 11.6 Å². The lowest BCUT2D eigenvalue weighted by Crippen LogP contribution is -2.18. The van der Waals surface area contributed by atoms with Crippen LogP contribution in [-0.4, -0.2) is 12.0 Å². The van der Waals surface area contributed by atoms with Crippen LogP contribution in [0.4, 0.5) is 10.2 Å². The van der Waals surface area contributed by atoms with Crippen LogP contribution >= 0.6 is 0 Å². The van der Waals surface area contributed by atoms with Crippen LogP contribution in [0.5, 0.6) is 0 Å². The standard InChI is InChI=1S/C15H18FN3/c1-11(17)13-6-7-18-15(9-13)19(2)10-12-4-3-5-14(16)8-12/h3-9,11H,10,17H2,1-2H3/t11-/m1/s1. The molecule has 1 aromatic heterocycles. The summed E-state index contributed by atoms with van der Waals surface area (Å²) in [6.07, 6.45) is 1.75. The highest BCUT2D eigenvalue weighted by molar-refractivity contribution is 5.41. The molecule has 3 nitrogen and oxygen atoms in total. The van der Waals surface area contributed by atoms with Crippen LogP contribution in [0.2, 0.25) is 0 Å². The molecule has 4 heteroatoms. The maximum atomic E-state index is 13.1. The largest absolute Gasteiger partial charge is 0.355 e. The lowest BCUT2D eigenvalue weighted by atomic mass is 10.1. The molecular weight excluding hydrogens is 241 g/mol. The van der Waals surface area contributed by atoms with Gasteiger partial charge in [-0.25, -0.2) is 9.37 Å². The maximum Gasteiger partial charge on any atom is 0.128 e. The number of halogens is 1. The Hall–Kier alpha value is -1.94. The number of pyridine rings is 1. The van der Waals surface area contributed by atoms with E-state index in [2.05, 4.69) is 4.98 Å². The van der Waals surface area contributed by atoms with Crippen molar-refractivity contribution in [2.45, 2.75) is 19.5 Å². The van der Waals surface area contributed by atoms with E-state index in [1.165, 1.54) is 12.1 Å². The van der Waals surface area contributed by atoms with Gasteiger partial charge in [0.05, 0.1) is 0 Å². The summed E-state index contributed by atoms with van der Waals surface area (Å²) in [6, 6.07) is 10.4. The van der Waals surface area contributed by atoms with Crippen LogP contribution in [0.25, 0.3) is 0 Å². The molecule has 0 aliphatic rings. The molecule has 0 aliphatic carbocycles. The minimum atomic E-state index is -0.219. The van der Waals surface area contributed by atoms with E-state index < -0.39 is 0 Å². The normalized spacial score (nSPS) is 12.2. The Labute approximate surface area is 112 Å². The maximum absolute atomic E-state index is 13.1. The average Bonchev–Trinajstić information content (AvgIpc) is 2.39. The number of nitrogens with zero attached hydrogens (tertiary/aromatic N) is 2. The fourth-order valence-electron chi connectivity index (χ4n) is 1.92. The third kappa shape index (κ3) is 3.51. The van der Waals surface area contributed by atoms with Gasteiger partial charge in [-0.05, 0) is 42.3 Å².